The van der Waals surface area contributed by atoms with E-state index in [0.717, 1.165) is 0 Å². The minimum atomic E-state index is -1.25. The molecule has 0 aromatic heterocycles. The lowest BCUT2D eigenvalue weighted by atomic mass is 10.2. The van der Waals surface area contributed by atoms with E-state index in [1.54, 1.807) is 0 Å². The second-order valence-corrected chi connectivity index (χ2v) is 1.55. The first-order chi connectivity index (χ1) is 4.72. The van der Waals surface area contributed by atoms with Crippen LogP contribution < -0.4 is 0 Å². The van der Waals surface area contributed by atoms with Gasteiger partial charge in [-0.15, -0.1) is 0 Å². The Morgan fingerprint density at radius 2 is 2.30 bits per heavy atom. The summed E-state index contributed by atoms with van der Waals surface area (Å²) in [6.45, 7) is -0.140. The van der Waals surface area contributed by atoms with Crippen LogP contribution >= 0.6 is 0 Å². The standard InChI is InChI=1S/C6H7NO3/c7-4-5(6(9)10)2-1-3-8/h2,8H,1,3H2,(H,9,10). The highest BCUT2D eigenvalue weighted by Crippen LogP contribution is 1.93. The fourth-order valence-electron chi connectivity index (χ4n) is 0.390. The van der Waals surface area contributed by atoms with E-state index in [2.05, 4.69) is 0 Å². The molecular formula is C6H7NO3. The number of aliphatic carboxylic acids is 1. The van der Waals surface area contributed by atoms with Crippen LogP contribution in [0.5, 0.6) is 0 Å². The Labute approximate surface area is 58.0 Å². The van der Waals surface area contributed by atoms with Gasteiger partial charge < -0.3 is 10.2 Å². The zero-order valence-electron chi connectivity index (χ0n) is 5.24. The number of aliphatic hydroxyl groups excluding tert-OH is 1. The zero-order chi connectivity index (χ0) is 7.98. The molecule has 0 aliphatic heterocycles. The van der Waals surface area contributed by atoms with Crippen molar-refractivity contribution in [3.63, 3.8) is 0 Å². The molecule has 54 valence electrons. The van der Waals surface area contributed by atoms with Crippen LogP contribution in [-0.2, 0) is 4.79 Å². The molecule has 0 unspecified atom stereocenters. The molecule has 4 heteroatoms. The van der Waals surface area contributed by atoms with Crippen molar-refractivity contribution in [3.8, 4) is 6.07 Å². The van der Waals surface area contributed by atoms with Crippen LogP contribution in [0.25, 0.3) is 0 Å². The molecule has 0 heterocycles. The number of rotatable bonds is 3. The van der Waals surface area contributed by atoms with E-state index in [1.807, 2.05) is 0 Å². The molecule has 0 atom stereocenters. The molecular weight excluding hydrogens is 134 g/mol. The molecule has 0 rings (SSSR count). The van der Waals surface area contributed by atoms with Crippen molar-refractivity contribution >= 4 is 5.97 Å². The number of nitriles is 1. The summed E-state index contributed by atoms with van der Waals surface area (Å²) < 4.78 is 0. The number of carbonyl (C=O) groups is 1. The fraction of sp³-hybridized carbons (Fsp3) is 0.333. The molecule has 0 fully saturated rings. The highest BCUT2D eigenvalue weighted by molar-refractivity contribution is 5.90. The molecule has 2 N–H and O–H groups in total. The SMILES string of the molecule is N#CC(=CCCO)C(=O)O. The topological polar surface area (TPSA) is 81.3 Å². The molecule has 0 aliphatic rings. The molecule has 0 aliphatic carbocycles. The van der Waals surface area contributed by atoms with Gasteiger partial charge in [-0.2, -0.15) is 5.26 Å². The van der Waals surface area contributed by atoms with E-state index in [9.17, 15) is 4.79 Å². The van der Waals surface area contributed by atoms with Gasteiger partial charge in [-0.05, 0) is 6.42 Å². The van der Waals surface area contributed by atoms with Crippen LogP contribution in [0.15, 0.2) is 11.6 Å². The average molecular weight is 141 g/mol. The lowest BCUT2D eigenvalue weighted by Crippen LogP contribution is -1.97. The first-order valence-electron chi connectivity index (χ1n) is 2.66. The van der Waals surface area contributed by atoms with E-state index in [-0.39, 0.29) is 18.6 Å². The first-order valence-corrected chi connectivity index (χ1v) is 2.66. The molecule has 0 aromatic carbocycles. The monoisotopic (exact) mass is 141 g/mol. The molecule has 4 nitrogen and oxygen atoms in total. The van der Waals surface area contributed by atoms with Crippen LogP contribution in [-0.4, -0.2) is 22.8 Å². The Kier molecular flexibility index (Phi) is 3.92. The van der Waals surface area contributed by atoms with Crippen molar-refractivity contribution in [1.82, 2.24) is 0 Å². The summed E-state index contributed by atoms with van der Waals surface area (Å²) in [6, 6.07) is 1.49. The largest absolute Gasteiger partial charge is 0.477 e. The van der Waals surface area contributed by atoms with Crippen molar-refractivity contribution in [2.45, 2.75) is 6.42 Å². The molecule has 0 bridgehead atoms. The fourth-order valence-corrected chi connectivity index (χ4v) is 0.390. The summed E-state index contributed by atoms with van der Waals surface area (Å²) in [4.78, 5) is 10.1. The maximum Gasteiger partial charge on any atom is 0.346 e. The van der Waals surface area contributed by atoms with Gasteiger partial charge in [0.25, 0.3) is 0 Å². The zero-order valence-corrected chi connectivity index (χ0v) is 5.24. The maximum atomic E-state index is 10.1. The van der Waals surface area contributed by atoms with Gasteiger partial charge in [0.1, 0.15) is 11.6 Å². The van der Waals surface area contributed by atoms with Crippen LogP contribution in [0, 0.1) is 11.3 Å². The second kappa shape index (κ2) is 4.53. The third-order valence-electron chi connectivity index (χ3n) is 0.828. The molecule has 0 amide bonds. The number of aliphatic hydroxyl groups is 1. The lowest BCUT2D eigenvalue weighted by Gasteiger charge is -1.86. The maximum absolute atomic E-state index is 10.1. The predicted octanol–water partition coefficient (Wildman–Crippen LogP) is -0.0966. The van der Waals surface area contributed by atoms with Gasteiger partial charge in [-0.1, -0.05) is 6.08 Å². The van der Waals surface area contributed by atoms with Crippen LogP contribution in [0.2, 0.25) is 0 Å². The Morgan fingerprint density at radius 3 is 2.60 bits per heavy atom. The van der Waals surface area contributed by atoms with Crippen molar-refractivity contribution in [2.24, 2.45) is 0 Å². The second-order valence-electron chi connectivity index (χ2n) is 1.55. The number of carboxylic acids is 1. The van der Waals surface area contributed by atoms with Gasteiger partial charge in [-0.25, -0.2) is 4.79 Å². The minimum absolute atomic E-state index is 0.140. The highest BCUT2D eigenvalue weighted by Gasteiger charge is 2.02. The van der Waals surface area contributed by atoms with Crippen molar-refractivity contribution < 1.29 is 15.0 Å². The normalized spacial score (nSPS) is 10.6. The van der Waals surface area contributed by atoms with Gasteiger partial charge in [0, 0.05) is 6.61 Å². The first kappa shape index (κ1) is 8.66. The van der Waals surface area contributed by atoms with Crippen LogP contribution in [0.1, 0.15) is 6.42 Å². The van der Waals surface area contributed by atoms with Crippen LogP contribution in [0.4, 0.5) is 0 Å². The third-order valence-corrected chi connectivity index (χ3v) is 0.828. The summed E-state index contributed by atoms with van der Waals surface area (Å²) in [6.07, 6.45) is 1.39. The summed E-state index contributed by atoms with van der Waals surface area (Å²) in [7, 11) is 0. The van der Waals surface area contributed by atoms with Crippen molar-refractivity contribution in [2.75, 3.05) is 6.61 Å². The van der Waals surface area contributed by atoms with Crippen LogP contribution in [0.3, 0.4) is 0 Å². The Balaban J connectivity index is 4.09. The Morgan fingerprint density at radius 1 is 1.70 bits per heavy atom. The number of nitrogens with zero attached hydrogens (tertiary/aromatic N) is 1. The summed E-state index contributed by atoms with van der Waals surface area (Å²) in [5, 5.41) is 24.6. The number of hydrogen-bond acceptors (Lipinski definition) is 3. The summed E-state index contributed by atoms with van der Waals surface area (Å²) >= 11 is 0. The van der Waals surface area contributed by atoms with E-state index < -0.39 is 5.97 Å². The third kappa shape index (κ3) is 2.84. The Bertz CT molecular complexity index is 190. The van der Waals surface area contributed by atoms with Gasteiger partial charge >= 0.3 is 5.97 Å². The molecule has 0 saturated carbocycles. The van der Waals surface area contributed by atoms with Gasteiger partial charge in [-0.3, -0.25) is 0 Å². The van der Waals surface area contributed by atoms with E-state index >= 15 is 0 Å². The average Bonchev–Trinajstić information content (AvgIpc) is 1.89. The van der Waals surface area contributed by atoms with Gasteiger partial charge in [0.15, 0.2) is 0 Å². The molecule has 0 saturated heterocycles. The smallest absolute Gasteiger partial charge is 0.346 e. The summed E-state index contributed by atoms with van der Waals surface area (Å²) in [5.41, 5.74) is -0.325. The molecule has 0 aromatic rings. The van der Waals surface area contributed by atoms with Gasteiger partial charge in [0.05, 0.1) is 0 Å². The van der Waals surface area contributed by atoms with E-state index in [0.29, 0.717) is 0 Å². The molecule has 0 radical (unpaired) electrons. The van der Waals surface area contributed by atoms with E-state index in [1.165, 1.54) is 12.1 Å². The van der Waals surface area contributed by atoms with Crippen molar-refractivity contribution in [3.05, 3.63) is 11.6 Å². The van der Waals surface area contributed by atoms with E-state index in [4.69, 9.17) is 15.5 Å². The predicted molar refractivity (Wildman–Crippen MR) is 33.0 cm³/mol. The summed E-state index contributed by atoms with van der Waals surface area (Å²) in [5.74, 6) is -1.25. The quantitative estimate of drug-likeness (QED) is 0.425. The molecule has 0 spiro atoms. The van der Waals surface area contributed by atoms with Crippen molar-refractivity contribution in [1.29, 1.82) is 5.26 Å². The number of hydrogen-bond donors (Lipinski definition) is 2. The Hall–Kier alpha value is -1.34. The highest BCUT2D eigenvalue weighted by atomic mass is 16.4. The minimum Gasteiger partial charge on any atom is -0.477 e. The lowest BCUT2D eigenvalue weighted by molar-refractivity contribution is -0.132. The molecule has 10 heavy (non-hydrogen) atoms. The number of carboxylic acid groups (broad SMARTS) is 1. The van der Waals surface area contributed by atoms with Gasteiger partial charge in [0.2, 0.25) is 0 Å².